The van der Waals surface area contributed by atoms with Crippen LogP contribution in [0.4, 0.5) is 5.69 Å². The molecule has 7 nitrogen and oxygen atoms in total. The molecule has 196 valence electrons. The number of pyridine rings is 1. The third kappa shape index (κ3) is 6.91. The molecule has 0 aliphatic carbocycles. The number of benzene rings is 3. The lowest BCUT2D eigenvalue weighted by Gasteiger charge is -2.12. The quantitative estimate of drug-likeness (QED) is 0.239. The number of ether oxygens (including phenoxy) is 1. The summed E-state index contributed by atoms with van der Waals surface area (Å²) in [5.74, 6) is 0.669. The van der Waals surface area contributed by atoms with Crippen LogP contribution in [0.5, 0.6) is 11.5 Å². The van der Waals surface area contributed by atoms with E-state index in [2.05, 4.69) is 31.5 Å². The van der Waals surface area contributed by atoms with E-state index in [4.69, 9.17) is 9.73 Å². The maximum absolute atomic E-state index is 12.1. The second-order valence-corrected chi connectivity index (χ2v) is 9.89. The molecule has 2 heterocycles. The fraction of sp³-hybridized carbons (Fsp3) is 0.129. The minimum absolute atomic E-state index is 0.0254. The Morgan fingerprint density at radius 3 is 2.41 bits per heavy atom. The number of aliphatic imine (C=N–C) groups is 1. The first-order valence-corrected chi connectivity index (χ1v) is 13.3. The lowest BCUT2D eigenvalue weighted by Crippen LogP contribution is -2.28. The third-order valence-electron chi connectivity index (χ3n) is 6.20. The topological polar surface area (TPSA) is 95.8 Å². The Labute approximate surface area is 235 Å². The molecule has 4 aromatic rings. The highest BCUT2D eigenvalue weighted by Crippen LogP contribution is 2.33. The van der Waals surface area contributed by atoms with Gasteiger partial charge in [0.25, 0.3) is 5.91 Å². The van der Waals surface area contributed by atoms with Crippen molar-refractivity contribution in [3.63, 3.8) is 0 Å². The lowest BCUT2D eigenvalue weighted by atomic mass is 10.1. The average Bonchev–Trinajstić information content (AvgIpc) is 3.15. The zero-order valence-corrected chi connectivity index (χ0v) is 22.7. The number of fused-ring (bicyclic) bond motifs is 1. The number of nitrogens with zero attached hydrogens (tertiary/aromatic N) is 2. The van der Waals surface area contributed by atoms with Gasteiger partial charge in [-0.05, 0) is 57.4 Å². The molecule has 39 heavy (non-hydrogen) atoms. The monoisotopic (exact) mass is 582 g/mol. The summed E-state index contributed by atoms with van der Waals surface area (Å²) in [4.78, 5) is 21.3. The van der Waals surface area contributed by atoms with Crippen molar-refractivity contribution in [3.05, 3.63) is 130 Å². The van der Waals surface area contributed by atoms with E-state index in [1.54, 1.807) is 18.3 Å². The van der Waals surface area contributed by atoms with Crippen molar-refractivity contribution in [1.82, 2.24) is 15.6 Å². The van der Waals surface area contributed by atoms with E-state index in [0.29, 0.717) is 36.5 Å². The van der Waals surface area contributed by atoms with Gasteiger partial charge in [-0.2, -0.15) is 0 Å². The van der Waals surface area contributed by atoms with E-state index in [0.717, 1.165) is 32.5 Å². The van der Waals surface area contributed by atoms with E-state index in [1.165, 1.54) is 0 Å². The molecule has 3 aromatic carbocycles. The zero-order chi connectivity index (χ0) is 27.0. The molecule has 1 aliphatic heterocycles. The number of halogens is 1. The van der Waals surface area contributed by atoms with Gasteiger partial charge >= 0.3 is 0 Å². The summed E-state index contributed by atoms with van der Waals surface area (Å²) in [6.07, 6.45) is 6.14. The Kier molecular flexibility index (Phi) is 8.33. The predicted molar refractivity (Wildman–Crippen MR) is 155 cm³/mol. The molecule has 5 rings (SSSR count). The van der Waals surface area contributed by atoms with Crippen molar-refractivity contribution < 1.29 is 14.6 Å². The van der Waals surface area contributed by atoms with E-state index in [1.807, 2.05) is 79.0 Å². The second-order valence-electron chi connectivity index (χ2n) is 9.04. The van der Waals surface area contributed by atoms with Gasteiger partial charge in [0.15, 0.2) is 6.61 Å². The van der Waals surface area contributed by atoms with Crippen LogP contribution in [0, 0.1) is 0 Å². The SMILES string of the molecule is O=C(COc1ccccc1)NCc1ccc(CNC2=CC(c3ccccc3O)=Nc3c(Br)cncc3C2)cc1. The van der Waals surface area contributed by atoms with Crippen LogP contribution in [-0.2, 0) is 24.3 Å². The molecule has 0 bridgehead atoms. The summed E-state index contributed by atoms with van der Waals surface area (Å²) in [7, 11) is 0. The van der Waals surface area contributed by atoms with Crippen LogP contribution in [0.3, 0.4) is 0 Å². The first-order valence-electron chi connectivity index (χ1n) is 12.5. The summed E-state index contributed by atoms with van der Waals surface area (Å²) < 4.78 is 6.29. The molecule has 0 spiro atoms. The fourth-order valence-corrected chi connectivity index (χ4v) is 4.61. The van der Waals surface area contributed by atoms with Crippen LogP contribution < -0.4 is 15.4 Å². The molecular formula is C31H27BrN4O3. The fourth-order valence-electron chi connectivity index (χ4n) is 4.15. The van der Waals surface area contributed by atoms with Gasteiger partial charge in [-0.3, -0.25) is 9.78 Å². The summed E-state index contributed by atoms with van der Waals surface area (Å²) in [5.41, 5.74) is 6.17. The van der Waals surface area contributed by atoms with Crippen LogP contribution in [0.1, 0.15) is 22.3 Å². The van der Waals surface area contributed by atoms with Crippen LogP contribution in [0.15, 0.2) is 112 Å². The first kappa shape index (κ1) is 26.2. The average molecular weight is 583 g/mol. The van der Waals surface area contributed by atoms with Crippen LogP contribution in [-0.4, -0.2) is 28.3 Å². The molecule has 0 fully saturated rings. The second kappa shape index (κ2) is 12.4. The van der Waals surface area contributed by atoms with Gasteiger partial charge in [-0.25, -0.2) is 4.99 Å². The predicted octanol–water partition coefficient (Wildman–Crippen LogP) is 5.60. The number of amides is 1. The molecule has 0 saturated carbocycles. The molecule has 0 radical (unpaired) electrons. The van der Waals surface area contributed by atoms with Gasteiger partial charge in [0.2, 0.25) is 0 Å². The number of rotatable bonds is 9. The summed E-state index contributed by atoms with van der Waals surface area (Å²) in [6, 6.07) is 24.5. The van der Waals surface area contributed by atoms with Crippen molar-refractivity contribution in [2.75, 3.05) is 6.61 Å². The lowest BCUT2D eigenvalue weighted by molar-refractivity contribution is -0.123. The van der Waals surface area contributed by atoms with Crippen LogP contribution in [0.25, 0.3) is 0 Å². The molecule has 1 aromatic heterocycles. The van der Waals surface area contributed by atoms with E-state index >= 15 is 0 Å². The highest BCUT2D eigenvalue weighted by molar-refractivity contribution is 9.10. The van der Waals surface area contributed by atoms with Crippen molar-refractivity contribution in [2.24, 2.45) is 4.99 Å². The van der Waals surface area contributed by atoms with E-state index in [-0.39, 0.29) is 18.3 Å². The van der Waals surface area contributed by atoms with Gasteiger partial charge in [0.1, 0.15) is 11.5 Å². The zero-order valence-electron chi connectivity index (χ0n) is 21.1. The van der Waals surface area contributed by atoms with E-state index < -0.39 is 0 Å². The van der Waals surface area contributed by atoms with Gasteiger partial charge < -0.3 is 20.5 Å². The van der Waals surface area contributed by atoms with Gasteiger partial charge in [-0.1, -0.05) is 54.6 Å². The Morgan fingerprint density at radius 1 is 0.923 bits per heavy atom. The molecule has 0 atom stereocenters. The Morgan fingerprint density at radius 2 is 1.64 bits per heavy atom. The van der Waals surface area contributed by atoms with Crippen molar-refractivity contribution in [2.45, 2.75) is 19.5 Å². The number of aromatic nitrogens is 1. The maximum Gasteiger partial charge on any atom is 0.258 e. The van der Waals surface area contributed by atoms with Crippen molar-refractivity contribution >= 4 is 33.2 Å². The summed E-state index contributed by atoms with van der Waals surface area (Å²) >= 11 is 3.57. The smallest absolute Gasteiger partial charge is 0.258 e. The van der Waals surface area contributed by atoms with Crippen molar-refractivity contribution in [3.8, 4) is 11.5 Å². The van der Waals surface area contributed by atoms with Gasteiger partial charge in [0, 0.05) is 48.7 Å². The Hall–Kier alpha value is -4.43. The number of phenols is 1. The van der Waals surface area contributed by atoms with Gasteiger partial charge in [-0.15, -0.1) is 0 Å². The third-order valence-corrected chi connectivity index (χ3v) is 6.78. The van der Waals surface area contributed by atoms with Crippen LogP contribution >= 0.6 is 15.9 Å². The largest absolute Gasteiger partial charge is 0.507 e. The van der Waals surface area contributed by atoms with Gasteiger partial charge in [0.05, 0.1) is 15.9 Å². The molecule has 0 unspecified atom stereocenters. The number of hydrogen-bond donors (Lipinski definition) is 3. The molecule has 8 heteroatoms. The molecule has 0 saturated heterocycles. The van der Waals surface area contributed by atoms with E-state index in [9.17, 15) is 9.90 Å². The van der Waals surface area contributed by atoms with Crippen molar-refractivity contribution in [1.29, 1.82) is 0 Å². The number of hydrogen-bond acceptors (Lipinski definition) is 6. The highest BCUT2D eigenvalue weighted by atomic mass is 79.9. The summed E-state index contributed by atoms with van der Waals surface area (Å²) in [6.45, 7) is 1.01. The number of aromatic hydroxyl groups is 1. The molecule has 3 N–H and O–H groups in total. The number of carbonyl (C=O) groups excluding carboxylic acids is 1. The Bertz CT molecular complexity index is 1520. The minimum Gasteiger partial charge on any atom is -0.507 e. The first-order chi connectivity index (χ1) is 19.0. The number of nitrogens with one attached hydrogen (secondary N) is 2. The number of para-hydroxylation sites is 2. The number of allylic oxidation sites excluding steroid dienone is 2. The maximum atomic E-state index is 12.1. The molecule has 1 aliphatic rings. The normalized spacial score (nSPS) is 12.4. The molecule has 1 amide bonds. The standard InChI is InChI=1S/C31H27BrN4O3/c32-27-19-33-18-23-14-24(15-28(36-31(23)27)26-8-4-5-9-29(26)37)34-16-21-10-12-22(13-11-21)17-35-30(38)20-39-25-6-2-1-3-7-25/h1-13,15,18-19,34,37H,14,16-17,20H2,(H,35,38). The molecular weight excluding hydrogens is 556 g/mol. The Balaban J connectivity index is 1.21. The summed E-state index contributed by atoms with van der Waals surface area (Å²) in [5, 5.41) is 16.9. The minimum atomic E-state index is -0.173. The highest BCUT2D eigenvalue weighted by Gasteiger charge is 2.17. The van der Waals surface area contributed by atoms with Crippen LogP contribution in [0.2, 0.25) is 0 Å². The number of carbonyl (C=O) groups is 1. The number of phenolic OH excluding ortho intramolecular Hbond substituents is 1.